The van der Waals surface area contributed by atoms with Crippen LogP contribution in [0.2, 0.25) is 0 Å². The summed E-state index contributed by atoms with van der Waals surface area (Å²) < 4.78 is 48.8. The topological polar surface area (TPSA) is 46.2 Å². The zero-order valence-corrected chi connectivity index (χ0v) is 12.9. The van der Waals surface area contributed by atoms with Gasteiger partial charge in [0.15, 0.2) is 0 Å². The number of hydrogen-bond donors (Lipinski definition) is 1. The normalized spacial score (nSPS) is 23.2. The Morgan fingerprint density at radius 3 is 2.57 bits per heavy atom. The molecule has 0 saturated heterocycles. The number of alkyl halides is 2. The molecular formula is C15H21F2NO2S. The highest BCUT2D eigenvalue weighted by Gasteiger charge is 2.29. The van der Waals surface area contributed by atoms with Gasteiger partial charge in [0.1, 0.15) is 0 Å². The van der Waals surface area contributed by atoms with E-state index in [1.54, 1.807) is 12.1 Å². The molecule has 3 nitrogen and oxygen atoms in total. The van der Waals surface area contributed by atoms with E-state index in [0.29, 0.717) is 18.4 Å². The Bertz CT molecular complexity index is 575. The van der Waals surface area contributed by atoms with Crippen molar-refractivity contribution in [3.8, 4) is 0 Å². The van der Waals surface area contributed by atoms with Crippen molar-refractivity contribution in [1.82, 2.24) is 0 Å². The first kappa shape index (κ1) is 16.2. The van der Waals surface area contributed by atoms with Crippen LogP contribution in [0.1, 0.15) is 32.6 Å². The lowest BCUT2D eigenvalue weighted by Crippen LogP contribution is -2.25. The summed E-state index contributed by atoms with van der Waals surface area (Å²) in [7, 11) is -4.57. The number of para-hydroxylation sites is 1. The monoisotopic (exact) mass is 317 g/mol. The molecule has 118 valence electrons. The lowest BCUT2D eigenvalue weighted by atomic mass is 9.80. The molecule has 0 aliphatic heterocycles. The first-order valence-corrected chi connectivity index (χ1v) is 8.82. The summed E-state index contributed by atoms with van der Waals surface area (Å²) in [6, 6.07) is 5.89. The zero-order valence-electron chi connectivity index (χ0n) is 12.1. The summed E-state index contributed by atoms with van der Waals surface area (Å²) in [5.41, 5.74) is 0.274. The number of nitrogens with one attached hydrogen (secondary N) is 1. The maximum Gasteiger partial charge on any atom is 0.341 e. The average Bonchev–Trinajstić information content (AvgIpc) is 2.46. The molecule has 1 fully saturated rings. The van der Waals surface area contributed by atoms with E-state index in [-0.39, 0.29) is 10.6 Å². The third-order valence-corrected chi connectivity index (χ3v) is 5.71. The van der Waals surface area contributed by atoms with E-state index in [2.05, 4.69) is 12.2 Å². The summed E-state index contributed by atoms with van der Waals surface area (Å²) in [6.07, 6.45) is 4.67. The van der Waals surface area contributed by atoms with Crippen molar-refractivity contribution in [1.29, 1.82) is 0 Å². The lowest BCUT2D eigenvalue weighted by molar-refractivity contribution is 0.235. The first-order chi connectivity index (χ1) is 9.93. The minimum Gasteiger partial charge on any atom is -0.384 e. The van der Waals surface area contributed by atoms with Crippen molar-refractivity contribution in [2.24, 2.45) is 11.8 Å². The Morgan fingerprint density at radius 1 is 1.24 bits per heavy atom. The molecule has 0 radical (unpaired) electrons. The van der Waals surface area contributed by atoms with Crippen LogP contribution in [-0.2, 0) is 9.84 Å². The smallest absolute Gasteiger partial charge is 0.341 e. The maximum atomic E-state index is 12.7. The van der Waals surface area contributed by atoms with Gasteiger partial charge < -0.3 is 5.32 Å². The summed E-state index contributed by atoms with van der Waals surface area (Å²) in [6.45, 7) is 2.81. The second-order valence-electron chi connectivity index (χ2n) is 5.70. The van der Waals surface area contributed by atoms with Crippen molar-refractivity contribution in [2.75, 3.05) is 11.9 Å². The molecule has 1 N–H and O–H groups in total. The first-order valence-electron chi connectivity index (χ1n) is 7.28. The lowest BCUT2D eigenvalue weighted by Gasteiger charge is -2.29. The van der Waals surface area contributed by atoms with Gasteiger partial charge >= 0.3 is 5.76 Å². The van der Waals surface area contributed by atoms with Gasteiger partial charge in [0.05, 0.1) is 10.6 Å². The van der Waals surface area contributed by atoms with Gasteiger partial charge in [-0.3, -0.25) is 0 Å². The summed E-state index contributed by atoms with van der Waals surface area (Å²) in [5.74, 6) is -2.36. The molecule has 1 aromatic carbocycles. The predicted octanol–water partition coefficient (Wildman–Crippen LogP) is 3.92. The quantitative estimate of drug-likeness (QED) is 0.895. The van der Waals surface area contributed by atoms with Crippen LogP contribution in [0.25, 0.3) is 0 Å². The molecule has 0 bridgehead atoms. The van der Waals surface area contributed by atoms with Crippen LogP contribution < -0.4 is 5.32 Å². The van der Waals surface area contributed by atoms with E-state index in [1.807, 2.05) is 0 Å². The number of sulfone groups is 1. The Hall–Kier alpha value is -1.17. The Morgan fingerprint density at radius 2 is 1.90 bits per heavy atom. The Balaban J connectivity index is 2.14. The van der Waals surface area contributed by atoms with Crippen molar-refractivity contribution in [2.45, 2.75) is 43.3 Å². The fraction of sp³-hybridized carbons (Fsp3) is 0.600. The fourth-order valence-corrected chi connectivity index (χ4v) is 3.80. The van der Waals surface area contributed by atoms with E-state index in [1.165, 1.54) is 31.4 Å². The molecule has 2 atom stereocenters. The molecule has 2 rings (SSSR count). The molecule has 0 heterocycles. The highest BCUT2D eigenvalue weighted by molar-refractivity contribution is 7.91. The molecule has 0 amide bonds. The highest BCUT2D eigenvalue weighted by Crippen LogP contribution is 2.31. The van der Waals surface area contributed by atoms with Crippen LogP contribution in [0.4, 0.5) is 14.5 Å². The van der Waals surface area contributed by atoms with Gasteiger partial charge in [0, 0.05) is 6.54 Å². The van der Waals surface area contributed by atoms with Gasteiger partial charge in [0.25, 0.3) is 0 Å². The number of benzene rings is 1. The Labute approximate surface area is 124 Å². The second kappa shape index (κ2) is 6.73. The van der Waals surface area contributed by atoms with Gasteiger partial charge in [-0.2, -0.15) is 8.78 Å². The van der Waals surface area contributed by atoms with Crippen LogP contribution in [0, 0.1) is 11.8 Å². The minimum absolute atomic E-state index is 0.274. The number of hydrogen-bond acceptors (Lipinski definition) is 3. The summed E-state index contributed by atoms with van der Waals surface area (Å²) in [5, 5.41) is 3.06. The van der Waals surface area contributed by atoms with Crippen LogP contribution >= 0.6 is 0 Å². The van der Waals surface area contributed by atoms with Crippen molar-refractivity contribution >= 4 is 15.5 Å². The van der Waals surface area contributed by atoms with Crippen molar-refractivity contribution in [3.63, 3.8) is 0 Å². The van der Waals surface area contributed by atoms with Crippen molar-refractivity contribution < 1.29 is 17.2 Å². The predicted molar refractivity (Wildman–Crippen MR) is 79.2 cm³/mol. The third-order valence-electron chi connectivity index (χ3n) is 4.27. The number of rotatable bonds is 5. The van der Waals surface area contributed by atoms with Crippen LogP contribution in [0.15, 0.2) is 29.2 Å². The summed E-state index contributed by atoms with van der Waals surface area (Å²) >= 11 is 0. The molecule has 1 aliphatic rings. The molecule has 0 aromatic heterocycles. The fourth-order valence-electron chi connectivity index (χ4n) is 2.89. The molecule has 6 heteroatoms. The van der Waals surface area contributed by atoms with Gasteiger partial charge in [0.2, 0.25) is 9.84 Å². The number of halogens is 2. The zero-order chi connectivity index (χ0) is 15.5. The van der Waals surface area contributed by atoms with E-state index >= 15 is 0 Å². The van der Waals surface area contributed by atoms with Gasteiger partial charge in [-0.15, -0.1) is 0 Å². The SMILES string of the molecule is CC1CCCCC1CNc1ccccc1S(=O)(=O)C(F)F. The third kappa shape index (κ3) is 3.73. The standard InChI is InChI=1S/C15H21F2NO2S/c1-11-6-2-3-7-12(11)10-18-13-8-4-5-9-14(13)21(19,20)15(16)17/h4-5,8-9,11-12,15,18H,2-3,6-7,10H2,1H3. The average molecular weight is 317 g/mol. The van der Waals surface area contributed by atoms with Gasteiger partial charge in [-0.05, 0) is 30.4 Å². The Kier molecular flexibility index (Phi) is 5.19. The van der Waals surface area contributed by atoms with Gasteiger partial charge in [-0.25, -0.2) is 8.42 Å². The molecule has 1 saturated carbocycles. The van der Waals surface area contributed by atoms with Crippen molar-refractivity contribution in [3.05, 3.63) is 24.3 Å². The molecule has 1 aliphatic carbocycles. The largest absolute Gasteiger partial charge is 0.384 e. The van der Waals surface area contributed by atoms with Crippen LogP contribution in [-0.4, -0.2) is 20.7 Å². The number of anilines is 1. The molecule has 0 spiro atoms. The molecule has 2 unspecified atom stereocenters. The second-order valence-corrected chi connectivity index (χ2v) is 7.59. The van der Waals surface area contributed by atoms with E-state index in [0.717, 1.165) is 6.42 Å². The van der Waals surface area contributed by atoms with E-state index in [4.69, 9.17) is 0 Å². The molecular weight excluding hydrogens is 296 g/mol. The molecule has 21 heavy (non-hydrogen) atoms. The van der Waals surface area contributed by atoms with Crippen LogP contribution in [0.5, 0.6) is 0 Å². The van der Waals surface area contributed by atoms with Crippen LogP contribution in [0.3, 0.4) is 0 Å². The van der Waals surface area contributed by atoms with Gasteiger partial charge in [-0.1, -0.05) is 38.3 Å². The maximum absolute atomic E-state index is 12.7. The summed E-state index contributed by atoms with van der Waals surface area (Å²) in [4.78, 5) is -0.316. The van der Waals surface area contributed by atoms with E-state index in [9.17, 15) is 17.2 Å². The van der Waals surface area contributed by atoms with E-state index < -0.39 is 15.6 Å². The minimum atomic E-state index is -4.57. The molecule has 1 aromatic rings. The highest BCUT2D eigenvalue weighted by atomic mass is 32.2.